The van der Waals surface area contributed by atoms with Crippen molar-refractivity contribution in [2.24, 2.45) is 0 Å². The minimum Gasteiger partial charge on any atom is -0.0991 e. The van der Waals surface area contributed by atoms with E-state index in [1.807, 2.05) is 12.2 Å². The molecule has 1 aliphatic carbocycles. The average molecular weight is 601 g/mol. The number of rotatable bonds is 6. The molecule has 8 rings (SSSR count). The molecule has 0 radical (unpaired) electrons. The highest BCUT2D eigenvalue weighted by atomic mass is 14.4. The van der Waals surface area contributed by atoms with E-state index in [9.17, 15) is 0 Å². The second-order valence-corrected chi connectivity index (χ2v) is 13.0. The van der Waals surface area contributed by atoms with Gasteiger partial charge in [-0.05, 0) is 101 Å². The molecular weight excluding hydrogens is 565 g/mol. The van der Waals surface area contributed by atoms with E-state index < -0.39 is 0 Å². The number of hydrogen-bond donors (Lipinski definition) is 0. The predicted molar refractivity (Wildman–Crippen MR) is 204 cm³/mol. The Morgan fingerprint density at radius 1 is 0.468 bits per heavy atom. The minimum absolute atomic E-state index is 0.0248. The van der Waals surface area contributed by atoms with Crippen LogP contribution >= 0.6 is 0 Å². The summed E-state index contributed by atoms with van der Waals surface area (Å²) in [5, 5.41) is 4.96. The molecule has 0 bridgehead atoms. The molecule has 0 N–H and O–H groups in total. The second-order valence-electron chi connectivity index (χ2n) is 13.0. The molecule has 0 amide bonds. The van der Waals surface area contributed by atoms with E-state index >= 15 is 0 Å². The minimum atomic E-state index is -0.0248. The molecule has 0 unspecified atom stereocenters. The van der Waals surface area contributed by atoms with Gasteiger partial charge in [0.25, 0.3) is 0 Å². The molecule has 0 fully saturated rings. The lowest BCUT2D eigenvalue weighted by Crippen LogP contribution is -2.14. The summed E-state index contributed by atoms with van der Waals surface area (Å²) < 4.78 is 0. The first-order valence-corrected chi connectivity index (χ1v) is 16.4. The van der Waals surface area contributed by atoms with Crippen LogP contribution in [0.4, 0.5) is 0 Å². The summed E-state index contributed by atoms with van der Waals surface area (Å²) in [5.74, 6) is 0. The fourth-order valence-corrected chi connectivity index (χ4v) is 7.39. The van der Waals surface area contributed by atoms with Crippen LogP contribution in [0.5, 0.6) is 0 Å². The Bertz CT molecular complexity index is 2380. The number of benzene rings is 7. The van der Waals surface area contributed by atoms with Gasteiger partial charge < -0.3 is 0 Å². The van der Waals surface area contributed by atoms with Gasteiger partial charge in [-0.2, -0.15) is 0 Å². The molecule has 0 saturated carbocycles. The highest BCUT2D eigenvalue weighted by molar-refractivity contribution is 6.08. The van der Waals surface area contributed by atoms with Crippen LogP contribution in [0.2, 0.25) is 0 Å². The summed E-state index contributed by atoms with van der Waals surface area (Å²) in [5.41, 5.74) is 14.0. The van der Waals surface area contributed by atoms with Crippen LogP contribution in [0, 0.1) is 0 Å². The Morgan fingerprint density at radius 3 is 2.00 bits per heavy atom. The topological polar surface area (TPSA) is 0 Å². The third kappa shape index (κ3) is 5.03. The first-order chi connectivity index (χ1) is 23.0. The molecule has 0 spiro atoms. The lowest BCUT2D eigenvalue weighted by atomic mass is 9.82. The largest absolute Gasteiger partial charge is 0.0991 e. The van der Waals surface area contributed by atoms with Gasteiger partial charge in [-0.1, -0.05) is 172 Å². The van der Waals surface area contributed by atoms with Gasteiger partial charge in [-0.3, -0.25) is 0 Å². The average Bonchev–Trinajstić information content (AvgIpc) is 3.35. The fraction of sp³-hybridized carbons (Fsp3) is 0.0638. The van der Waals surface area contributed by atoms with Crippen LogP contribution < -0.4 is 0 Å². The Kier molecular flexibility index (Phi) is 7.08. The maximum absolute atomic E-state index is 3.80. The van der Waals surface area contributed by atoms with Crippen LogP contribution in [0.15, 0.2) is 158 Å². The van der Waals surface area contributed by atoms with Gasteiger partial charge in [-0.15, -0.1) is 0 Å². The van der Waals surface area contributed by atoms with Crippen molar-refractivity contribution in [1.82, 2.24) is 0 Å². The van der Waals surface area contributed by atoms with E-state index in [-0.39, 0.29) is 5.41 Å². The van der Waals surface area contributed by atoms with Gasteiger partial charge in [0.2, 0.25) is 0 Å². The summed E-state index contributed by atoms with van der Waals surface area (Å²) in [7, 11) is 0. The van der Waals surface area contributed by atoms with Gasteiger partial charge in [0, 0.05) is 5.41 Å². The Hall–Kier alpha value is -5.72. The molecule has 224 valence electrons. The molecule has 0 heteroatoms. The van der Waals surface area contributed by atoms with E-state index in [1.165, 1.54) is 82.7 Å². The monoisotopic (exact) mass is 600 g/mol. The van der Waals surface area contributed by atoms with Crippen LogP contribution in [0.25, 0.3) is 73.2 Å². The maximum Gasteiger partial charge on any atom is 0.0159 e. The predicted octanol–water partition coefficient (Wildman–Crippen LogP) is 13.0. The van der Waals surface area contributed by atoms with Crippen LogP contribution in [-0.4, -0.2) is 0 Å². The quantitative estimate of drug-likeness (QED) is 0.132. The molecule has 0 heterocycles. The van der Waals surface area contributed by atoms with Gasteiger partial charge in [0.15, 0.2) is 0 Å². The summed E-state index contributed by atoms with van der Waals surface area (Å²) in [6.45, 7) is 8.49. The first-order valence-electron chi connectivity index (χ1n) is 16.4. The molecule has 0 aliphatic heterocycles. The van der Waals surface area contributed by atoms with E-state index in [1.54, 1.807) is 0 Å². The number of allylic oxidation sites excluding steroid dienone is 2. The normalized spacial score (nSPS) is 13.4. The zero-order valence-corrected chi connectivity index (χ0v) is 26.9. The zero-order valence-electron chi connectivity index (χ0n) is 26.9. The van der Waals surface area contributed by atoms with Crippen molar-refractivity contribution in [3.8, 4) is 33.4 Å². The molecule has 0 saturated heterocycles. The van der Waals surface area contributed by atoms with Crippen LogP contribution in [0.1, 0.15) is 41.7 Å². The Balaban J connectivity index is 1.27. The van der Waals surface area contributed by atoms with Crippen molar-refractivity contribution in [2.75, 3.05) is 0 Å². The highest BCUT2D eigenvalue weighted by Crippen LogP contribution is 2.49. The second kappa shape index (κ2) is 11.6. The summed E-state index contributed by atoms with van der Waals surface area (Å²) in [4.78, 5) is 0. The number of hydrogen-bond acceptors (Lipinski definition) is 0. The van der Waals surface area contributed by atoms with E-state index in [4.69, 9.17) is 0 Å². The first kappa shape index (κ1) is 28.7. The highest BCUT2D eigenvalue weighted by Gasteiger charge is 2.34. The molecule has 0 nitrogen and oxygen atoms in total. The van der Waals surface area contributed by atoms with Gasteiger partial charge in [0.05, 0.1) is 0 Å². The Labute approximate surface area is 277 Å². The lowest BCUT2D eigenvalue weighted by molar-refractivity contribution is 0.660. The van der Waals surface area contributed by atoms with Crippen molar-refractivity contribution in [3.05, 3.63) is 186 Å². The molecule has 47 heavy (non-hydrogen) atoms. The van der Waals surface area contributed by atoms with Gasteiger partial charge in [-0.25, -0.2) is 0 Å². The van der Waals surface area contributed by atoms with Crippen LogP contribution in [-0.2, 0) is 5.41 Å². The van der Waals surface area contributed by atoms with E-state index in [0.29, 0.717) is 0 Å². The standard InChI is InChI=1S/C47H36/c1-4-5-13-32-20-23-36-30-37(25-24-35(36)28-32)44-31-43(34-14-7-6-8-15-34)40(38-16-9-10-17-39(38)44)26-21-33-22-27-42-41-18-11-12-19-45(41)47(2,3)46(42)29-33/h4-31H,1H2,2-3H3/b13-5-,26-21+. The van der Waals surface area contributed by atoms with E-state index in [0.717, 1.165) is 0 Å². The van der Waals surface area contributed by atoms with Gasteiger partial charge in [0.1, 0.15) is 0 Å². The molecule has 0 aromatic heterocycles. The SMILES string of the molecule is C=C/C=C\c1ccc2cc(-c3cc(-c4ccccc4)c(/C=C/c4ccc5c(c4)C(C)(C)c4ccccc4-5)c4ccccc34)ccc2c1. The zero-order chi connectivity index (χ0) is 32.0. The maximum atomic E-state index is 3.80. The smallest absolute Gasteiger partial charge is 0.0159 e. The molecule has 7 aromatic carbocycles. The summed E-state index contributed by atoms with van der Waals surface area (Å²) in [6.07, 6.45) is 10.5. The van der Waals surface area contributed by atoms with Crippen molar-refractivity contribution < 1.29 is 0 Å². The third-order valence-corrected chi connectivity index (χ3v) is 9.82. The van der Waals surface area contributed by atoms with Crippen molar-refractivity contribution in [3.63, 3.8) is 0 Å². The Morgan fingerprint density at radius 2 is 1.15 bits per heavy atom. The van der Waals surface area contributed by atoms with Gasteiger partial charge >= 0.3 is 0 Å². The molecule has 0 atom stereocenters. The van der Waals surface area contributed by atoms with Crippen LogP contribution in [0.3, 0.4) is 0 Å². The van der Waals surface area contributed by atoms with Crippen molar-refractivity contribution >= 4 is 39.8 Å². The van der Waals surface area contributed by atoms with Crippen molar-refractivity contribution in [2.45, 2.75) is 19.3 Å². The molecule has 7 aromatic rings. The molecule has 1 aliphatic rings. The number of fused-ring (bicyclic) bond motifs is 5. The fourth-order valence-electron chi connectivity index (χ4n) is 7.39. The lowest BCUT2D eigenvalue weighted by Gasteiger charge is -2.21. The van der Waals surface area contributed by atoms with E-state index in [2.05, 4.69) is 178 Å². The molecular formula is C47H36. The summed E-state index contributed by atoms with van der Waals surface area (Å²) in [6, 6.07) is 51.3. The summed E-state index contributed by atoms with van der Waals surface area (Å²) >= 11 is 0. The van der Waals surface area contributed by atoms with Crippen molar-refractivity contribution in [1.29, 1.82) is 0 Å². The third-order valence-electron chi connectivity index (χ3n) is 9.82.